The number of aryl methyl sites for hydroxylation is 1. The van der Waals surface area contributed by atoms with Crippen molar-refractivity contribution in [1.29, 1.82) is 0 Å². The number of nitrogens with two attached hydrogens (primary N) is 2. The van der Waals surface area contributed by atoms with Crippen LogP contribution in [-0.4, -0.2) is 60.1 Å². The van der Waals surface area contributed by atoms with Crippen LogP contribution in [0.4, 0.5) is 11.5 Å². The molecule has 1 aliphatic heterocycles. The SMILES string of the molecule is C=C(N)/N=C\C(=C/N)c1cc2ccn(C)c(=O)c2c(Nc2cccc(OCCN3CCOCC3)c2)n1. The minimum Gasteiger partial charge on any atom is -0.492 e. The molecule has 5 N–H and O–H groups in total. The number of rotatable bonds is 9. The maximum absolute atomic E-state index is 13.0. The number of hydrogen-bond acceptors (Lipinski definition) is 9. The summed E-state index contributed by atoms with van der Waals surface area (Å²) < 4.78 is 12.9. The van der Waals surface area contributed by atoms with Gasteiger partial charge in [-0.25, -0.2) is 9.98 Å². The van der Waals surface area contributed by atoms with Gasteiger partial charge in [0.25, 0.3) is 5.56 Å². The van der Waals surface area contributed by atoms with Gasteiger partial charge in [0.1, 0.15) is 24.0 Å². The Hall–Kier alpha value is -4.15. The Balaban J connectivity index is 1.62. The van der Waals surface area contributed by atoms with E-state index < -0.39 is 0 Å². The van der Waals surface area contributed by atoms with E-state index in [1.165, 1.54) is 17.0 Å². The third-order valence-electron chi connectivity index (χ3n) is 5.78. The molecule has 0 aliphatic carbocycles. The Kier molecular flexibility index (Phi) is 7.99. The Morgan fingerprint density at radius 3 is 2.86 bits per heavy atom. The number of aromatic nitrogens is 2. The van der Waals surface area contributed by atoms with Gasteiger partial charge in [-0.2, -0.15) is 0 Å². The van der Waals surface area contributed by atoms with Crippen molar-refractivity contribution < 1.29 is 9.47 Å². The number of nitrogens with zero attached hydrogens (tertiary/aromatic N) is 4. The number of nitrogens with one attached hydrogen (secondary N) is 1. The first-order valence-corrected chi connectivity index (χ1v) is 11.7. The zero-order valence-corrected chi connectivity index (χ0v) is 20.3. The second-order valence-corrected chi connectivity index (χ2v) is 8.38. The van der Waals surface area contributed by atoms with E-state index in [0.717, 1.165) is 44.3 Å². The van der Waals surface area contributed by atoms with Crippen LogP contribution in [-0.2, 0) is 11.8 Å². The summed E-state index contributed by atoms with van der Waals surface area (Å²) in [5.41, 5.74) is 13.0. The molecule has 3 aromatic rings. The summed E-state index contributed by atoms with van der Waals surface area (Å²) in [5, 5.41) is 4.46. The van der Waals surface area contributed by atoms with Gasteiger partial charge in [-0.1, -0.05) is 12.6 Å². The first kappa shape index (κ1) is 25.0. The maximum atomic E-state index is 13.0. The van der Waals surface area contributed by atoms with Crippen LogP contribution in [0.3, 0.4) is 0 Å². The molecule has 0 bridgehead atoms. The summed E-state index contributed by atoms with van der Waals surface area (Å²) >= 11 is 0. The molecule has 1 saturated heterocycles. The lowest BCUT2D eigenvalue weighted by Gasteiger charge is -2.26. The van der Waals surface area contributed by atoms with Crippen molar-refractivity contribution in [1.82, 2.24) is 14.5 Å². The molecule has 0 saturated carbocycles. The number of benzene rings is 1. The Morgan fingerprint density at radius 2 is 2.11 bits per heavy atom. The molecule has 0 radical (unpaired) electrons. The molecule has 188 valence electrons. The summed E-state index contributed by atoms with van der Waals surface area (Å²) in [6.45, 7) is 8.31. The molecule has 1 aliphatic rings. The van der Waals surface area contributed by atoms with Gasteiger partial charge in [0.15, 0.2) is 0 Å². The summed E-state index contributed by atoms with van der Waals surface area (Å²) in [6, 6.07) is 11.2. The van der Waals surface area contributed by atoms with E-state index in [0.29, 0.717) is 34.5 Å². The van der Waals surface area contributed by atoms with E-state index in [9.17, 15) is 4.79 Å². The van der Waals surface area contributed by atoms with Crippen molar-refractivity contribution in [2.75, 3.05) is 44.8 Å². The Labute approximate surface area is 209 Å². The zero-order valence-electron chi connectivity index (χ0n) is 20.3. The van der Waals surface area contributed by atoms with Crippen LogP contribution in [0.1, 0.15) is 5.69 Å². The van der Waals surface area contributed by atoms with Gasteiger partial charge in [0.05, 0.1) is 24.3 Å². The van der Waals surface area contributed by atoms with Crippen molar-refractivity contribution in [2.45, 2.75) is 0 Å². The molecular formula is C26H31N7O3. The first-order chi connectivity index (χ1) is 17.4. The minimum absolute atomic E-state index is 0.146. The molecule has 0 atom stereocenters. The first-order valence-electron chi connectivity index (χ1n) is 11.7. The van der Waals surface area contributed by atoms with Crippen LogP contribution < -0.4 is 27.1 Å². The van der Waals surface area contributed by atoms with Crippen molar-refractivity contribution in [3.8, 4) is 5.75 Å². The predicted octanol–water partition coefficient (Wildman–Crippen LogP) is 2.19. The van der Waals surface area contributed by atoms with Gasteiger partial charge in [-0.15, -0.1) is 0 Å². The number of ether oxygens (including phenoxy) is 2. The van der Waals surface area contributed by atoms with Crippen molar-refractivity contribution in [3.63, 3.8) is 0 Å². The number of allylic oxidation sites excluding steroid dienone is 1. The molecule has 4 rings (SSSR count). The van der Waals surface area contributed by atoms with Gasteiger partial charge in [0, 0.05) is 62.6 Å². The molecule has 0 amide bonds. The van der Waals surface area contributed by atoms with Crippen molar-refractivity contribution in [2.24, 2.45) is 23.5 Å². The lowest BCUT2D eigenvalue weighted by Crippen LogP contribution is -2.38. The molecule has 10 nitrogen and oxygen atoms in total. The molecule has 36 heavy (non-hydrogen) atoms. The monoisotopic (exact) mass is 489 g/mol. The van der Waals surface area contributed by atoms with Crippen LogP contribution in [0, 0.1) is 0 Å². The highest BCUT2D eigenvalue weighted by atomic mass is 16.5. The Bertz CT molecular complexity index is 1360. The molecular weight excluding hydrogens is 458 g/mol. The number of aliphatic imine (C=N–C) groups is 1. The number of hydrogen-bond donors (Lipinski definition) is 3. The van der Waals surface area contributed by atoms with Crippen LogP contribution in [0.5, 0.6) is 5.75 Å². The summed E-state index contributed by atoms with van der Waals surface area (Å²) in [5.74, 6) is 1.26. The molecule has 1 fully saturated rings. The maximum Gasteiger partial charge on any atom is 0.261 e. The molecule has 0 unspecified atom stereocenters. The van der Waals surface area contributed by atoms with Gasteiger partial charge in [0.2, 0.25) is 0 Å². The second kappa shape index (κ2) is 11.5. The van der Waals surface area contributed by atoms with E-state index in [4.69, 9.17) is 25.9 Å². The topological polar surface area (TPSA) is 133 Å². The fraction of sp³-hybridized carbons (Fsp3) is 0.269. The van der Waals surface area contributed by atoms with Crippen LogP contribution >= 0.6 is 0 Å². The van der Waals surface area contributed by atoms with Crippen LogP contribution in [0.25, 0.3) is 16.3 Å². The second-order valence-electron chi connectivity index (χ2n) is 8.38. The molecule has 2 aromatic heterocycles. The van der Waals surface area contributed by atoms with Crippen molar-refractivity contribution >= 4 is 34.1 Å². The predicted molar refractivity (Wildman–Crippen MR) is 143 cm³/mol. The third kappa shape index (κ3) is 6.09. The Morgan fingerprint density at radius 1 is 1.31 bits per heavy atom. The van der Waals surface area contributed by atoms with E-state index in [1.807, 2.05) is 30.3 Å². The standard InChI is InChI=1S/C26H31N7O3/c1-18(28)29-17-20(16-27)23-14-19-6-7-32(2)26(34)24(19)25(31-23)30-21-4-3-5-22(15-21)36-13-10-33-8-11-35-12-9-33/h3-7,14-17H,1,8-13,27-28H2,2H3,(H,30,31)/b20-16+,29-17-. The third-order valence-corrected chi connectivity index (χ3v) is 5.78. The number of morpholine rings is 1. The van der Waals surface area contributed by atoms with E-state index >= 15 is 0 Å². The average molecular weight is 490 g/mol. The summed E-state index contributed by atoms with van der Waals surface area (Å²) in [6.07, 6.45) is 4.58. The molecule has 3 heterocycles. The smallest absolute Gasteiger partial charge is 0.261 e. The van der Waals surface area contributed by atoms with Gasteiger partial charge >= 0.3 is 0 Å². The quantitative estimate of drug-likeness (QED) is 0.390. The summed E-state index contributed by atoms with van der Waals surface area (Å²) in [7, 11) is 1.70. The van der Waals surface area contributed by atoms with Gasteiger partial charge < -0.3 is 30.8 Å². The van der Waals surface area contributed by atoms with E-state index in [1.54, 1.807) is 19.3 Å². The molecule has 10 heteroatoms. The summed E-state index contributed by atoms with van der Waals surface area (Å²) in [4.78, 5) is 24.1. The zero-order chi connectivity index (χ0) is 25.5. The fourth-order valence-electron chi connectivity index (χ4n) is 3.86. The molecule has 0 spiro atoms. The highest BCUT2D eigenvalue weighted by molar-refractivity contribution is 6.10. The molecule has 1 aromatic carbocycles. The average Bonchev–Trinajstić information content (AvgIpc) is 2.87. The normalized spacial score (nSPS) is 14.9. The number of anilines is 2. The number of fused-ring (bicyclic) bond motifs is 1. The highest BCUT2D eigenvalue weighted by Crippen LogP contribution is 2.27. The number of pyridine rings is 2. The minimum atomic E-state index is -0.172. The van der Waals surface area contributed by atoms with Gasteiger partial charge in [-0.3, -0.25) is 9.69 Å². The lowest BCUT2D eigenvalue weighted by molar-refractivity contribution is 0.0322. The van der Waals surface area contributed by atoms with Crippen molar-refractivity contribution in [3.05, 3.63) is 77.2 Å². The lowest BCUT2D eigenvalue weighted by atomic mass is 10.1. The largest absolute Gasteiger partial charge is 0.492 e. The fourth-order valence-corrected chi connectivity index (χ4v) is 3.86. The van der Waals surface area contributed by atoms with Gasteiger partial charge in [-0.05, 0) is 29.7 Å². The van der Waals surface area contributed by atoms with E-state index in [2.05, 4.69) is 21.8 Å². The highest BCUT2D eigenvalue weighted by Gasteiger charge is 2.14. The van der Waals surface area contributed by atoms with E-state index in [-0.39, 0.29) is 11.4 Å². The van der Waals surface area contributed by atoms with Crippen LogP contribution in [0.15, 0.2) is 71.0 Å². The van der Waals surface area contributed by atoms with Crippen LogP contribution in [0.2, 0.25) is 0 Å².